The van der Waals surface area contributed by atoms with E-state index in [0.29, 0.717) is 30.2 Å². The number of imidazole rings is 1. The molecule has 1 unspecified atom stereocenters. The summed E-state index contributed by atoms with van der Waals surface area (Å²) in [6, 6.07) is 0.108. The van der Waals surface area contributed by atoms with Gasteiger partial charge in [-0.25, -0.2) is 4.98 Å². The molecule has 4 rings (SSSR count). The van der Waals surface area contributed by atoms with Crippen LogP contribution in [0.2, 0.25) is 0 Å². The number of nitrogens with zero attached hydrogens (tertiary/aromatic N) is 4. The first-order valence-electron chi connectivity index (χ1n) is 8.05. The first-order valence-corrected chi connectivity index (χ1v) is 8.05. The maximum atomic E-state index is 10.2. The van der Waals surface area contributed by atoms with Gasteiger partial charge in [0.15, 0.2) is 23.2 Å². The highest BCUT2D eigenvalue weighted by atomic mass is 16.6. The largest absolute Gasteiger partial charge is 0.394 e. The summed E-state index contributed by atoms with van der Waals surface area (Å²) in [4.78, 5) is 12.7. The van der Waals surface area contributed by atoms with Crippen LogP contribution < -0.4 is 11.1 Å². The number of fused-ring (bicyclic) bond motifs is 1. The maximum absolute atomic E-state index is 10.2. The lowest BCUT2D eigenvalue weighted by Crippen LogP contribution is -2.33. The monoisotopic (exact) mass is 352 g/mol. The summed E-state index contributed by atoms with van der Waals surface area (Å²) in [6.07, 6.45) is -1.97. The lowest BCUT2D eigenvalue weighted by atomic mass is 10.1. The van der Waals surface area contributed by atoms with E-state index >= 15 is 0 Å². The molecule has 5 atom stereocenters. The Kier molecular flexibility index (Phi) is 4.17. The molecule has 6 N–H and O–H groups in total. The van der Waals surface area contributed by atoms with Crippen molar-refractivity contribution in [3.8, 4) is 0 Å². The van der Waals surface area contributed by atoms with Gasteiger partial charge in [-0.15, -0.1) is 0 Å². The summed E-state index contributed by atoms with van der Waals surface area (Å²) in [5.74, 6) is 0.519. The van der Waals surface area contributed by atoms with Gasteiger partial charge in [-0.2, -0.15) is 9.97 Å². The highest BCUT2D eigenvalue weighted by molar-refractivity contribution is 5.84. The fraction of sp³-hybridized carbons (Fsp3) is 0.643. The average Bonchev–Trinajstić information content (AvgIpc) is 3.29. The minimum Gasteiger partial charge on any atom is -0.394 e. The number of hydrogen-bond acceptors (Lipinski definition) is 10. The van der Waals surface area contributed by atoms with Crippen molar-refractivity contribution in [3.05, 3.63) is 6.33 Å². The Bertz CT molecular complexity index is 763. The Morgan fingerprint density at radius 1 is 1.32 bits per heavy atom. The predicted molar refractivity (Wildman–Crippen MR) is 85.6 cm³/mol. The molecular weight excluding hydrogens is 332 g/mol. The van der Waals surface area contributed by atoms with Gasteiger partial charge >= 0.3 is 0 Å². The van der Waals surface area contributed by atoms with Gasteiger partial charge < -0.3 is 35.8 Å². The number of aromatic nitrogens is 4. The number of rotatable bonds is 4. The van der Waals surface area contributed by atoms with Crippen LogP contribution in [-0.2, 0) is 9.47 Å². The van der Waals surface area contributed by atoms with E-state index in [9.17, 15) is 15.3 Å². The minimum atomic E-state index is -1.23. The molecule has 0 bridgehead atoms. The fourth-order valence-electron chi connectivity index (χ4n) is 3.17. The third-order valence-corrected chi connectivity index (χ3v) is 4.50. The summed E-state index contributed by atoms with van der Waals surface area (Å²) in [6.45, 7) is 0.840. The van der Waals surface area contributed by atoms with Crippen molar-refractivity contribution in [1.29, 1.82) is 0 Å². The number of hydrogen-bond donors (Lipinski definition) is 5. The molecule has 2 aromatic rings. The van der Waals surface area contributed by atoms with Crippen LogP contribution >= 0.6 is 0 Å². The van der Waals surface area contributed by atoms with E-state index in [4.69, 9.17) is 15.2 Å². The molecule has 0 amide bonds. The summed E-state index contributed by atoms with van der Waals surface area (Å²) in [5.41, 5.74) is 6.65. The smallest absolute Gasteiger partial charge is 0.224 e. The van der Waals surface area contributed by atoms with Crippen LogP contribution in [0.4, 0.5) is 11.8 Å². The Morgan fingerprint density at radius 2 is 2.16 bits per heavy atom. The Hall–Kier alpha value is -2.05. The molecular formula is C14H20N6O5. The van der Waals surface area contributed by atoms with E-state index in [1.807, 2.05) is 0 Å². The third-order valence-electron chi connectivity index (χ3n) is 4.50. The summed E-state index contributed by atoms with van der Waals surface area (Å²) in [5, 5.41) is 32.6. The van der Waals surface area contributed by atoms with Gasteiger partial charge in [0.2, 0.25) is 5.95 Å². The quantitative estimate of drug-likeness (QED) is 0.425. The Balaban J connectivity index is 1.70. The van der Waals surface area contributed by atoms with Crippen LogP contribution in [0.3, 0.4) is 0 Å². The SMILES string of the molecule is Nc1nc(NC2CCOC2)c2ncn([C@@H]3O[C@H](CO)[C@H](O)[C@@H]3O)c2n1. The zero-order valence-electron chi connectivity index (χ0n) is 13.3. The second-order valence-electron chi connectivity index (χ2n) is 6.19. The number of nitrogens with one attached hydrogen (secondary N) is 1. The van der Waals surface area contributed by atoms with Crippen LogP contribution in [0, 0.1) is 0 Å². The minimum absolute atomic E-state index is 0.0439. The van der Waals surface area contributed by atoms with E-state index in [2.05, 4.69) is 20.3 Å². The van der Waals surface area contributed by atoms with Crippen molar-refractivity contribution in [2.75, 3.05) is 30.9 Å². The molecule has 11 nitrogen and oxygen atoms in total. The molecule has 25 heavy (non-hydrogen) atoms. The van der Waals surface area contributed by atoms with Crippen molar-refractivity contribution < 1.29 is 24.8 Å². The molecule has 0 saturated carbocycles. The van der Waals surface area contributed by atoms with Crippen LogP contribution in [0.15, 0.2) is 6.33 Å². The highest BCUT2D eigenvalue weighted by Gasteiger charge is 2.44. The van der Waals surface area contributed by atoms with Crippen molar-refractivity contribution >= 4 is 22.9 Å². The molecule has 0 spiro atoms. The Morgan fingerprint density at radius 3 is 2.84 bits per heavy atom. The van der Waals surface area contributed by atoms with Crippen molar-refractivity contribution in [3.63, 3.8) is 0 Å². The van der Waals surface area contributed by atoms with E-state index in [1.165, 1.54) is 10.9 Å². The molecule has 0 aromatic carbocycles. The van der Waals surface area contributed by atoms with Gasteiger partial charge in [0, 0.05) is 6.61 Å². The number of anilines is 2. The van der Waals surface area contributed by atoms with Gasteiger partial charge in [0.05, 0.1) is 25.6 Å². The van der Waals surface area contributed by atoms with E-state index in [1.54, 1.807) is 0 Å². The van der Waals surface area contributed by atoms with Crippen LogP contribution in [0.25, 0.3) is 11.2 Å². The van der Waals surface area contributed by atoms with Crippen LogP contribution in [0.5, 0.6) is 0 Å². The van der Waals surface area contributed by atoms with Crippen LogP contribution in [-0.4, -0.2) is 79.0 Å². The highest BCUT2D eigenvalue weighted by Crippen LogP contribution is 2.32. The zero-order valence-corrected chi connectivity index (χ0v) is 13.3. The van der Waals surface area contributed by atoms with Crippen molar-refractivity contribution in [2.45, 2.75) is 37.0 Å². The second kappa shape index (κ2) is 6.35. The second-order valence-corrected chi connectivity index (χ2v) is 6.19. The van der Waals surface area contributed by atoms with Gasteiger partial charge in [-0.05, 0) is 6.42 Å². The first kappa shape index (κ1) is 16.4. The fourth-order valence-corrected chi connectivity index (χ4v) is 3.17. The third kappa shape index (κ3) is 2.79. The zero-order chi connectivity index (χ0) is 17.6. The Labute approximate surface area is 142 Å². The molecule has 2 fully saturated rings. The summed E-state index contributed by atoms with van der Waals surface area (Å²) in [7, 11) is 0. The number of nitrogens with two attached hydrogens (primary N) is 1. The van der Waals surface area contributed by atoms with E-state index < -0.39 is 31.1 Å². The molecule has 0 radical (unpaired) electrons. The maximum Gasteiger partial charge on any atom is 0.224 e. The van der Waals surface area contributed by atoms with Gasteiger partial charge in [-0.1, -0.05) is 0 Å². The van der Waals surface area contributed by atoms with E-state index in [0.717, 1.165) is 6.42 Å². The first-order chi connectivity index (χ1) is 12.1. The molecule has 2 aromatic heterocycles. The predicted octanol–water partition coefficient (Wildman–Crippen LogP) is -1.78. The van der Waals surface area contributed by atoms with Crippen molar-refractivity contribution in [1.82, 2.24) is 19.5 Å². The molecule has 2 aliphatic rings. The molecule has 2 saturated heterocycles. The number of ether oxygens (including phenoxy) is 2. The van der Waals surface area contributed by atoms with Gasteiger partial charge in [0.1, 0.15) is 18.3 Å². The van der Waals surface area contributed by atoms with Crippen LogP contribution in [0.1, 0.15) is 12.6 Å². The number of nitrogen functional groups attached to an aromatic ring is 1. The standard InChI is InChI=1S/C14H20N6O5/c15-14-18-11(17-6-1-2-24-4-6)8-12(19-14)20(5-16-8)13-10(23)9(22)7(3-21)25-13/h5-7,9-10,13,21-23H,1-4H2,(H3,15,17,18,19)/t6?,7-,9+,10+,13-/m1/s1. The average molecular weight is 352 g/mol. The summed E-state index contributed by atoms with van der Waals surface area (Å²) < 4.78 is 12.4. The lowest BCUT2D eigenvalue weighted by molar-refractivity contribution is -0.0511. The number of aliphatic hydroxyl groups excluding tert-OH is 3. The molecule has 11 heteroatoms. The molecule has 2 aliphatic heterocycles. The van der Waals surface area contributed by atoms with Crippen molar-refractivity contribution in [2.24, 2.45) is 0 Å². The molecule has 136 valence electrons. The lowest BCUT2D eigenvalue weighted by Gasteiger charge is -2.17. The van der Waals surface area contributed by atoms with Gasteiger partial charge in [0.25, 0.3) is 0 Å². The topological polar surface area (TPSA) is 161 Å². The molecule has 0 aliphatic carbocycles. The summed E-state index contributed by atoms with van der Waals surface area (Å²) >= 11 is 0. The number of aliphatic hydroxyl groups is 3. The normalized spacial score (nSPS) is 32.5. The van der Waals surface area contributed by atoms with E-state index in [-0.39, 0.29) is 12.0 Å². The molecule has 4 heterocycles. The van der Waals surface area contributed by atoms with Gasteiger partial charge in [-0.3, -0.25) is 4.57 Å².